The lowest BCUT2D eigenvalue weighted by molar-refractivity contribution is 0.244. The molecule has 0 aliphatic carbocycles. The molecule has 1 fully saturated rings. The lowest BCUT2D eigenvalue weighted by atomic mass is 10.1. The third-order valence-corrected chi connectivity index (χ3v) is 6.41. The van der Waals surface area contributed by atoms with Crippen molar-refractivity contribution in [3.05, 3.63) is 41.0 Å². The molecule has 1 aliphatic rings. The fraction of sp³-hybridized carbons (Fsp3) is 0.412. The van der Waals surface area contributed by atoms with Crippen LogP contribution in [0.4, 0.5) is 0 Å². The Morgan fingerprint density at radius 3 is 2.73 bits per heavy atom. The average molecular weight is 398 g/mol. The first kappa shape index (κ1) is 18.9. The minimum atomic E-state index is -3.60. The van der Waals surface area contributed by atoms with Gasteiger partial charge in [0.25, 0.3) is 0 Å². The first-order valence-corrected chi connectivity index (χ1v) is 9.99. The minimum Gasteiger partial charge on any atom is -0.495 e. The van der Waals surface area contributed by atoms with Crippen LogP contribution in [-0.2, 0) is 10.0 Å². The van der Waals surface area contributed by atoms with Crippen LogP contribution in [0.5, 0.6) is 11.6 Å². The van der Waals surface area contributed by atoms with E-state index < -0.39 is 10.0 Å². The minimum absolute atomic E-state index is 0.0987. The van der Waals surface area contributed by atoms with Gasteiger partial charge in [0, 0.05) is 25.1 Å². The third-order valence-electron chi connectivity index (χ3n) is 4.25. The van der Waals surface area contributed by atoms with Gasteiger partial charge in [0.15, 0.2) is 0 Å². The molecule has 0 saturated carbocycles. The molecule has 26 heavy (non-hydrogen) atoms. The van der Waals surface area contributed by atoms with Crippen LogP contribution in [0, 0.1) is 12.8 Å². The quantitative estimate of drug-likeness (QED) is 0.745. The topological polar surface area (TPSA) is 81.6 Å². The van der Waals surface area contributed by atoms with E-state index in [1.807, 2.05) is 13.0 Å². The molecule has 0 bridgehead atoms. The molecule has 9 heteroatoms. The van der Waals surface area contributed by atoms with Gasteiger partial charge in [0.1, 0.15) is 5.75 Å². The van der Waals surface area contributed by atoms with Crippen LogP contribution in [0.2, 0.25) is 5.02 Å². The maximum absolute atomic E-state index is 12.8. The predicted octanol–water partition coefficient (Wildman–Crippen LogP) is 2.54. The SMILES string of the molecule is COc1ccc(S(=O)(=O)N2CCC(COc3ccc(C)nn3)C2)cc1Cl. The molecule has 0 N–H and O–H groups in total. The summed E-state index contributed by atoms with van der Waals surface area (Å²) in [6.45, 7) is 3.08. The fourth-order valence-electron chi connectivity index (χ4n) is 2.78. The summed E-state index contributed by atoms with van der Waals surface area (Å²) in [7, 11) is -2.11. The maximum atomic E-state index is 12.8. The number of hydrogen-bond acceptors (Lipinski definition) is 6. The number of hydrogen-bond donors (Lipinski definition) is 0. The second-order valence-corrected chi connectivity index (χ2v) is 8.48. The third kappa shape index (κ3) is 4.08. The van der Waals surface area contributed by atoms with E-state index in [1.54, 1.807) is 12.1 Å². The Morgan fingerprint density at radius 1 is 1.27 bits per heavy atom. The molecule has 1 aromatic heterocycles. The lowest BCUT2D eigenvalue weighted by Gasteiger charge is -2.17. The molecular formula is C17H20ClN3O4S. The van der Waals surface area contributed by atoms with E-state index >= 15 is 0 Å². The summed E-state index contributed by atoms with van der Waals surface area (Å²) in [5.74, 6) is 0.984. The Morgan fingerprint density at radius 2 is 2.08 bits per heavy atom. The first-order valence-electron chi connectivity index (χ1n) is 8.17. The van der Waals surface area contributed by atoms with Gasteiger partial charge in [-0.3, -0.25) is 0 Å². The molecular weight excluding hydrogens is 378 g/mol. The largest absolute Gasteiger partial charge is 0.495 e. The second kappa shape index (κ2) is 7.77. The Hall–Kier alpha value is -1.90. The van der Waals surface area contributed by atoms with Crippen LogP contribution in [0.3, 0.4) is 0 Å². The number of halogens is 1. The van der Waals surface area contributed by atoms with Gasteiger partial charge < -0.3 is 9.47 Å². The molecule has 1 aromatic carbocycles. The van der Waals surface area contributed by atoms with Gasteiger partial charge in [-0.25, -0.2) is 8.42 Å². The smallest absolute Gasteiger partial charge is 0.243 e. The zero-order valence-corrected chi connectivity index (χ0v) is 16.1. The summed E-state index contributed by atoms with van der Waals surface area (Å²) in [5, 5.41) is 8.16. The maximum Gasteiger partial charge on any atom is 0.243 e. The van der Waals surface area contributed by atoms with Crippen LogP contribution in [0.1, 0.15) is 12.1 Å². The van der Waals surface area contributed by atoms with Crippen molar-refractivity contribution < 1.29 is 17.9 Å². The standard InChI is InChI=1S/C17H20ClN3O4S/c1-12-3-6-17(20-19-12)25-11-13-7-8-21(10-13)26(22,23)14-4-5-16(24-2)15(18)9-14/h3-6,9,13H,7-8,10-11H2,1-2H3. The van der Waals surface area contributed by atoms with Gasteiger partial charge in [-0.2, -0.15) is 9.40 Å². The van der Waals surface area contributed by atoms with Crippen molar-refractivity contribution in [3.63, 3.8) is 0 Å². The molecule has 140 valence electrons. The van der Waals surface area contributed by atoms with Crippen molar-refractivity contribution in [2.24, 2.45) is 5.92 Å². The highest BCUT2D eigenvalue weighted by Crippen LogP contribution is 2.30. The lowest BCUT2D eigenvalue weighted by Crippen LogP contribution is -2.29. The second-order valence-electron chi connectivity index (χ2n) is 6.14. The van der Waals surface area contributed by atoms with Crippen molar-refractivity contribution in [3.8, 4) is 11.6 Å². The van der Waals surface area contributed by atoms with Crippen molar-refractivity contribution in [2.45, 2.75) is 18.2 Å². The predicted molar refractivity (Wildman–Crippen MR) is 97.1 cm³/mol. The highest BCUT2D eigenvalue weighted by atomic mass is 35.5. The van der Waals surface area contributed by atoms with Crippen LogP contribution in [-0.4, -0.2) is 49.7 Å². The zero-order chi connectivity index (χ0) is 18.7. The Bertz CT molecular complexity index is 874. The van der Waals surface area contributed by atoms with Gasteiger partial charge in [0.05, 0.1) is 29.3 Å². The molecule has 0 amide bonds. The van der Waals surface area contributed by atoms with Crippen LogP contribution < -0.4 is 9.47 Å². The number of methoxy groups -OCH3 is 1. The highest BCUT2D eigenvalue weighted by molar-refractivity contribution is 7.89. The molecule has 3 rings (SSSR count). The number of ether oxygens (including phenoxy) is 2. The van der Waals surface area contributed by atoms with E-state index in [0.29, 0.717) is 31.3 Å². The molecule has 1 unspecified atom stereocenters. The molecule has 7 nitrogen and oxygen atoms in total. The number of rotatable bonds is 6. The summed E-state index contributed by atoms with van der Waals surface area (Å²) < 4.78 is 37.8. The van der Waals surface area contributed by atoms with Crippen molar-refractivity contribution in [2.75, 3.05) is 26.8 Å². The summed E-state index contributed by atoms with van der Waals surface area (Å²) in [4.78, 5) is 0.161. The zero-order valence-electron chi connectivity index (χ0n) is 14.6. The van der Waals surface area contributed by atoms with Crippen molar-refractivity contribution in [1.82, 2.24) is 14.5 Å². The summed E-state index contributed by atoms with van der Waals surface area (Å²) in [6, 6.07) is 8.06. The van der Waals surface area contributed by atoms with E-state index in [9.17, 15) is 8.42 Å². The molecule has 1 saturated heterocycles. The van der Waals surface area contributed by atoms with E-state index in [1.165, 1.54) is 23.5 Å². The molecule has 1 atom stereocenters. The van der Waals surface area contributed by atoms with E-state index in [2.05, 4.69) is 10.2 Å². The molecule has 0 radical (unpaired) electrons. The summed E-state index contributed by atoms with van der Waals surface area (Å²) in [5.41, 5.74) is 0.814. The highest BCUT2D eigenvalue weighted by Gasteiger charge is 2.33. The van der Waals surface area contributed by atoms with Crippen LogP contribution in [0.25, 0.3) is 0 Å². The number of aromatic nitrogens is 2. The molecule has 2 aromatic rings. The Balaban J connectivity index is 1.63. The number of benzene rings is 1. The van der Waals surface area contributed by atoms with E-state index in [4.69, 9.17) is 21.1 Å². The Labute approximate surface area is 157 Å². The van der Waals surface area contributed by atoms with Crippen molar-refractivity contribution in [1.29, 1.82) is 0 Å². The van der Waals surface area contributed by atoms with E-state index in [0.717, 1.165) is 12.1 Å². The van der Waals surface area contributed by atoms with Gasteiger partial charge in [-0.15, -0.1) is 5.10 Å². The number of aryl methyl sites for hydroxylation is 1. The van der Waals surface area contributed by atoms with Gasteiger partial charge >= 0.3 is 0 Å². The summed E-state index contributed by atoms with van der Waals surface area (Å²) in [6.07, 6.45) is 0.725. The average Bonchev–Trinajstić information content (AvgIpc) is 3.11. The molecule has 1 aliphatic heterocycles. The van der Waals surface area contributed by atoms with Crippen LogP contribution in [0.15, 0.2) is 35.2 Å². The van der Waals surface area contributed by atoms with Gasteiger partial charge in [0.2, 0.25) is 15.9 Å². The monoisotopic (exact) mass is 397 g/mol. The fourth-order valence-corrected chi connectivity index (χ4v) is 4.66. The summed E-state index contributed by atoms with van der Waals surface area (Å²) >= 11 is 6.06. The van der Waals surface area contributed by atoms with Gasteiger partial charge in [-0.05, 0) is 37.6 Å². The molecule has 2 heterocycles. The Kier molecular flexibility index (Phi) is 5.64. The van der Waals surface area contributed by atoms with Gasteiger partial charge in [-0.1, -0.05) is 11.6 Å². The molecule has 0 spiro atoms. The first-order chi connectivity index (χ1) is 12.4. The normalized spacial score (nSPS) is 18.0. The van der Waals surface area contributed by atoms with E-state index in [-0.39, 0.29) is 15.8 Å². The number of nitrogens with zero attached hydrogens (tertiary/aromatic N) is 3. The number of sulfonamides is 1. The van der Waals surface area contributed by atoms with Crippen molar-refractivity contribution >= 4 is 21.6 Å². The van der Waals surface area contributed by atoms with Crippen LogP contribution >= 0.6 is 11.6 Å².